The third kappa shape index (κ3) is 5.09. The van der Waals surface area contributed by atoms with Crippen molar-refractivity contribution in [2.24, 2.45) is 0 Å². The van der Waals surface area contributed by atoms with Crippen molar-refractivity contribution in [3.05, 3.63) is 101 Å². The van der Waals surface area contributed by atoms with Crippen LogP contribution in [-0.4, -0.2) is 20.5 Å². The molecule has 166 valence electrons. The van der Waals surface area contributed by atoms with Crippen molar-refractivity contribution in [2.75, 3.05) is 0 Å². The van der Waals surface area contributed by atoms with Gasteiger partial charge in [0.05, 0.1) is 12.2 Å². The fraction of sp³-hybridized carbons (Fsp3) is 0.259. The molecule has 0 fully saturated rings. The second-order valence-electron chi connectivity index (χ2n) is 8.22. The zero-order valence-corrected chi connectivity index (χ0v) is 19.0. The van der Waals surface area contributed by atoms with E-state index in [0.29, 0.717) is 24.1 Å². The molecule has 6 heteroatoms. The number of carbonyl (C=O) groups excluding carboxylic acids is 1. The molecular weight excluding hydrogens is 410 g/mol. The standard InChI is InChI=1S/C27H27N5O/c1-19-24(20(2)32-27(30-19)23(17-28)18-29-32)14-16-26(33)31-25(22-11-7-4-8-12-22)15-13-21-9-5-3-6-10-21/h3-12,18,25H,13-16H2,1-2H3,(H,31,33). The van der Waals surface area contributed by atoms with Gasteiger partial charge in [0.1, 0.15) is 11.6 Å². The highest BCUT2D eigenvalue weighted by molar-refractivity contribution is 5.76. The van der Waals surface area contributed by atoms with E-state index in [9.17, 15) is 10.1 Å². The molecule has 33 heavy (non-hydrogen) atoms. The summed E-state index contributed by atoms with van der Waals surface area (Å²) in [7, 11) is 0. The smallest absolute Gasteiger partial charge is 0.220 e. The molecule has 1 amide bonds. The number of hydrogen-bond donors (Lipinski definition) is 1. The van der Waals surface area contributed by atoms with Gasteiger partial charge in [-0.05, 0) is 49.8 Å². The van der Waals surface area contributed by atoms with Crippen molar-refractivity contribution in [1.29, 1.82) is 5.26 Å². The van der Waals surface area contributed by atoms with Crippen LogP contribution in [0.3, 0.4) is 0 Å². The van der Waals surface area contributed by atoms with Crippen LogP contribution in [0.4, 0.5) is 0 Å². The Hall–Kier alpha value is -3.98. The number of hydrogen-bond acceptors (Lipinski definition) is 4. The predicted octanol–water partition coefficient (Wildman–Crippen LogP) is 4.64. The number of fused-ring (bicyclic) bond motifs is 1. The Balaban J connectivity index is 1.46. The lowest BCUT2D eigenvalue weighted by atomic mass is 9.98. The topological polar surface area (TPSA) is 83.1 Å². The lowest BCUT2D eigenvalue weighted by Gasteiger charge is -2.20. The molecule has 0 saturated heterocycles. The van der Waals surface area contributed by atoms with Crippen molar-refractivity contribution < 1.29 is 4.79 Å². The zero-order chi connectivity index (χ0) is 23.2. The highest BCUT2D eigenvalue weighted by Crippen LogP contribution is 2.21. The molecule has 1 N–H and O–H groups in total. The predicted molar refractivity (Wildman–Crippen MR) is 128 cm³/mol. The summed E-state index contributed by atoms with van der Waals surface area (Å²) in [6.45, 7) is 3.87. The summed E-state index contributed by atoms with van der Waals surface area (Å²) in [5, 5.41) is 16.8. The third-order valence-corrected chi connectivity index (χ3v) is 6.03. The number of nitrogens with zero attached hydrogens (tertiary/aromatic N) is 4. The van der Waals surface area contributed by atoms with Crippen molar-refractivity contribution >= 4 is 11.6 Å². The SMILES string of the molecule is Cc1nc2c(C#N)cnn2c(C)c1CCC(=O)NC(CCc1ccccc1)c1ccccc1. The summed E-state index contributed by atoms with van der Waals surface area (Å²) in [6, 6.07) is 22.5. The monoisotopic (exact) mass is 437 g/mol. The fourth-order valence-electron chi connectivity index (χ4n) is 4.22. The fourth-order valence-corrected chi connectivity index (χ4v) is 4.22. The summed E-state index contributed by atoms with van der Waals surface area (Å²) in [4.78, 5) is 17.5. The lowest BCUT2D eigenvalue weighted by Crippen LogP contribution is -2.29. The summed E-state index contributed by atoms with van der Waals surface area (Å²) in [5.41, 5.74) is 6.11. The molecule has 4 rings (SSSR count). The van der Waals surface area contributed by atoms with E-state index in [1.165, 1.54) is 11.8 Å². The summed E-state index contributed by atoms with van der Waals surface area (Å²) in [5.74, 6) is 0.00832. The quantitative estimate of drug-likeness (QED) is 0.435. The van der Waals surface area contributed by atoms with Crippen LogP contribution in [0.5, 0.6) is 0 Å². The molecule has 2 aromatic carbocycles. The van der Waals surface area contributed by atoms with Gasteiger partial charge in [-0.1, -0.05) is 60.7 Å². The van der Waals surface area contributed by atoms with Crippen LogP contribution in [-0.2, 0) is 17.6 Å². The molecule has 0 bridgehead atoms. The number of rotatable bonds is 8. The van der Waals surface area contributed by atoms with Crippen molar-refractivity contribution in [3.8, 4) is 6.07 Å². The van der Waals surface area contributed by atoms with E-state index in [-0.39, 0.29) is 11.9 Å². The van der Waals surface area contributed by atoms with Crippen LogP contribution in [0.1, 0.15) is 52.5 Å². The van der Waals surface area contributed by atoms with Crippen molar-refractivity contribution in [3.63, 3.8) is 0 Å². The largest absolute Gasteiger partial charge is 0.349 e. The van der Waals surface area contributed by atoms with Gasteiger partial charge in [0.25, 0.3) is 0 Å². The molecule has 2 heterocycles. The summed E-state index contributed by atoms with van der Waals surface area (Å²) < 4.78 is 1.69. The average molecular weight is 438 g/mol. The van der Waals surface area contributed by atoms with Crippen LogP contribution in [0, 0.1) is 25.2 Å². The van der Waals surface area contributed by atoms with Crippen molar-refractivity contribution in [1.82, 2.24) is 19.9 Å². The first-order valence-electron chi connectivity index (χ1n) is 11.2. The Morgan fingerprint density at radius 3 is 2.45 bits per heavy atom. The average Bonchev–Trinajstić information content (AvgIpc) is 3.25. The van der Waals surface area contributed by atoms with Crippen LogP contribution in [0.2, 0.25) is 0 Å². The van der Waals surface area contributed by atoms with E-state index in [4.69, 9.17) is 0 Å². The summed E-state index contributed by atoms with van der Waals surface area (Å²) in [6.07, 6.45) is 4.17. The molecule has 4 aromatic rings. The number of nitriles is 1. The number of aryl methyl sites for hydroxylation is 3. The van der Waals surface area contributed by atoms with Gasteiger partial charge in [-0.25, -0.2) is 9.50 Å². The molecule has 0 aliphatic heterocycles. The molecule has 0 radical (unpaired) electrons. The number of nitrogens with one attached hydrogen (secondary N) is 1. The van der Waals surface area contributed by atoms with E-state index in [1.807, 2.05) is 50.2 Å². The third-order valence-electron chi connectivity index (χ3n) is 6.03. The molecule has 0 saturated carbocycles. The Labute approximate surface area is 193 Å². The second kappa shape index (κ2) is 10.1. The summed E-state index contributed by atoms with van der Waals surface area (Å²) >= 11 is 0. The zero-order valence-electron chi connectivity index (χ0n) is 19.0. The van der Waals surface area contributed by atoms with E-state index in [1.54, 1.807) is 4.52 Å². The van der Waals surface area contributed by atoms with Crippen LogP contribution in [0.25, 0.3) is 5.65 Å². The number of carbonyl (C=O) groups is 1. The number of aromatic nitrogens is 3. The normalized spacial score (nSPS) is 11.8. The molecule has 1 unspecified atom stereocenters. The molecule has 1 atom stereocenters. The van der Waals surface area contributed by atoms with Crippen LogP contribution < -0.4 is 5.32 Å². The Kier molecular flexibility index (Phi) is 6.80. The minimum Gasteiger partial charge on any atom is -0.349 e. The molecule has 2 aromatic heterocycles. The maximum atomic E-state index is 13.0. The Morgan fingerprint density at radius 2 is 1.76 bits per heavy atom. The lowest BCUT2D eigenvalue weighted by molar-refractivity contribution is -0.121. The van der Waals surface area contributed by atoms with Crippen molar-refractivity contribution in [2.45, 2.75) is 45.6 Å². The van der Waals surface area contributed by atoms with Gasteiger partial charge < -0.3 is 5.32 Å². The Morgan fingerprint density at radius 1 is 1.06 bits per heavy atom. The van der Waals surface area contributed by atoms with Gasteiger partial charge in [0.15, 0.2) is 5.65 Å². The van der Waals surface area contributed by atoms with Gasteiger partial charge in [-0.2, -0.15) is 10.4 Å². The van der Waals surface area contributed by atoms with E-state index >= 15 is 0 Å². The molecule has 0 spiro atoms. The first-order valence-corrected chi connectivity index (χ1v) is 11.2. The van der Waals surface area contributed by atoms with Crippen LogP contribution in [0.15, 0.2) is 66.9 Å². The van der Waals surface area contributed by atoms with E-state index < -0.39 is 0 Å². The van der Waals surface area contributed by atoms with Crippen LogP contribution >= 0.6 is 0 Å². The maximum absolute atomic E-state index is 13.0. The molecule has 0 aliphatic carbocycles. The van der Waals surface area contributed by atoms with Gasteiger partial charge >= 0.3 is 0 Å². The number of benzene rings is 2. The first-order chi connectivity index (χ1) is 16.1. The molecule has 0 aliphatic rings. The highest BCUT2D eigenvalue weighted by Gasteiger charge is 2.17. The molecule has 6 nitrogen and oxygen atoms in total. The van der Waals surface area contributed by atoms with E-state index in [0.717, 1.165) is 35.4 Å². The minimum atomic E-state index is -0.0500. The Bertz CT molecular complexity index is 1290. The first kappa shape index (κ1) is 22.2. The molecular formula is C27H27N5O. The number of amides is 1. The van der Waals surface area contributed by atoms with E-state index in [2.05, 4.69) is 45.7 Å². The van der Waals surface area contributed by atoms with Gasteiger partial charge in [0, 0.05) is 17.8 Å². The van der Waals surface area contributed by atoms with Gasteiger partial charge in [0.2, 0.25) is 5.91 Å². The van der Waals surface area contributed by atoms with Gasteiger partial charge in [-0.15, -0.1) is 0 Å². The maximum Gasteiger partial charge on any atom is 0.220 e. The van der Waals surface area contributed by atoms with Gasteiger partial charge in [-0.3, -0.25) is 4.79 Å². The second-order valence-corrected chi connectivity index (χ2v) is 8.22. The highest BCUT2D eigenvalue weighted by atomic mass is 16.1. The minimum absolute atomic E-state index is 0.00832.